The number of aromatic nitrogens is 1. The molecule has 5 rings (SSSR count). The Labute approximate surface area is 206 Å². The first-order chi connectivity index (χ1) is 16.3. The van der Waals surface area contributed by atoms with E-state index in [0.717, 1.165) is 21.3 Å². The van der Waals surface area contributed by atoms with Crippen LogP contribution in [0.4, 0.5) is 5.69 Å². The molecule has 2 aromatic heterocycles. The Morgan fingerprint density at radius 2 is 2.00 bits per heavy atom. The summed E-state index contributed by atoms with van der Waals surface area (Å²) < 4.78 is 7.38. The smallest absolute Gasteiger partial charge is 0.275 e. The highest BCUT2D eigenvalue weighted by molar-refractivity contribution is 7.16. The quantitative estimate of drug-likeness (QED) is 0.404. The number of methoxy groups -OCH3 is 1. The van der Waals surface area contributed by atoms with E-state index in [4.69, 9.17) is 16.3 Å². The molecule has 34 heavy (non-hydrogen) atoms. The number of anilines is 1. The molecule has 3 heterocycles. The number of thiophene rings is 1. The number of amides is 2. The molecule has 6 nitrogen and oxygen atoms in total. The van der Waals surface area contributed by atoms with Gasteiger partial charge in [0.05, 0.1) is 13.7 Å². The van der Waals surface area contributed by atoms with E-state index in [1.807, 2.05) is 65.4 Å². The molecule has 0 aliphatic carbocycles. The predicted molar refractivity (Wildman–Crippen MR) is 136 cm³/mol. The van der Waals surface area contributed by atoms with Crippen molar-refractivity contribution >= 4 is 50.7 Å². The zero-order valence-corrected chi connectivity index (χ0v) is 20.7. The van der Waals surface area contributed by atoms with Crippen molar-refractivity contribution in [1.29, 1.82) is 0 Å². The second-order valence-electron chi connectivity index (χ2n) is 8.64. The number of carbonyl (C=O) groups is 2. The van der Waals surface area contributed by atoms with Crippen LogP contribution in [0.5, 0.6) is 5.75 Å². The number of fused-ring (bicyclic) bond motifs is 3. The zero-order chi connectivity index (χ0) is 24.0. The Morgan fingerprint density at radius 1 is 1.21 bits per heavy atom. The van der Waals surface area contributed by atoms with Crippen molar-refractivity contribution in [3.05, 3.63) is 81.8 Å². The van der Waals surface area contributed by atoms with E-state index < -0.39 is 5.54 Å². The van der Waals surface area contributed by atoms with Crippen LogP contribution in [0.3, 0.4) is 0 Å². The number of halogens is 1. The van der Waals surface area contributed by atoms with Crippen molar-refractivity contribution in [3.63, 3.8) is 0 Å². The number of hydrogen-bond donors (Lipinski definition) is 1. The number of rotatable bonds is 5. The number of carbonyl (C=O) groups excluding carboxylic acids is 2. The lowest BCUT2D eigenvalue weighted by molar-refractivity contribution is -0.126. The van der Waals surface area contributed by atoms with Crippen LogP contribution in [0.1, 0.15) is 28.5 Å². The average Bonchev–Trinajstić information content (AvgIpc) is 3.42. The van der Waals surface area contributed by atoms with Crippen LogP contribution >= 0.6 is 22.9 Å². The van der Waals surface area contributed by atoms with Gasteiger partial charge in [-0.1, -0.05) is 35.9 Å². The van der Waals surface area contributed by atoms with Crippen molar-refractivity contribution < 1.29 is 14.3 Å². The Balaban J connectivity index is 1.57. The van der Waals surface area contributed by atoms with Gasteiger partial charge in [0.2, 0.25) is 5.91 Å². The standard InChI is InChI=1S/C26H24ClN3O3S/c1-16-8-9-19(13-20(16)27)30-23(31)21-12-17-10-11-34-24(17)29(21)15-26(30,2)25(32)28-14-18-6-4-5-7-22(18)33-3/h4-13H,14-15H2,1-3H3,(H,28,32)/t26-/m1/s1. The van der Waals surface area contributed by atoms with E-state index in [9.17, 15) is 9.59 Å². The fourth-order valence-electron chi connectivity index (χ4n) is 4.54. The Hall–Kier alpha value is -3.29. The highest BCUT2D eigenvalue weighted by atomic mass is 35.5. The molecule has 0 spiro atoms. The number of hydrogen-bond acceptors (Lipinski definition) is 4. The van der Waals surface area contributed by atoms with Crippen LogP contribution in [0.2, 0.25) is 5.02 Å². The third-order valence-electron chi connectivity index (χ3n) is 6.42. The van der Waals surface area contributed by atoms with Gasteiger partial charge in [-0.25, -0.2) is 0 Å². The molecule has 0 fully saturated rings. The molecular formula is C26H24ClN3O3S. The summed E-state index contributed by atoms with van der Waals surface area (Å²) in [6.07, 6.45) is 0. The SMILES string of the molecule is COc1ccccc1CNC(=O)[C@@]1(C)Cn2c(cc3ccsc32)C(=O)N1c1ccc(C)c(Cl)c1. The van der Waals surface area contributed by atoms with Crippen LogP contribution in [0, 0.1) is 6.92 Å². The summed E-state index contributed by atoms with van der Waals surface area (Å²) in [5.74, 6) is 0.208. The summed E-state index contributed by atoms with van der Waals surface area (Å²) in [7, 11) is 1.60. The predicted octanol–water partition coefficient (Wildman–Crippen LogP) is 5.41. The van der Waals surface area contributed by atoms with Gasteiger partial charge >= 0.3 is 0 Å². The third kappa shape index (κ3) is 3.56. The fourth-order valence-corrected chi connectivity index (χ4v) is 5.61. The van der Waals surface area contributed by atoms with Gasteiger partial charge in [-0.3, -0.25) is 14.5 Å². The molecule has 2 aromatic carbocycles. The normalized spacial score (nSPS) is 17.6. The van der Waals surface area contributed by atoms with Crippen molar-refractivity contribution in [3.8, 4) is 5.75 Å². The minimum Gasteiger partial charge on any atom is -0.496 e. The van der Waals surface area contributed by atoms with E-state index in [2.05, 4.69) is 5.32 Å². The molecule has 1 atom stereocenters. The fraction of sp³-hybridized carbons (Fsp3) is 0.231. The highest BCUT2D eigenvalue weighted by Gasteiger charge is 2.48. The molecule has 1 N–H and O–H groups in total. The monoisotopic (exact) mass is 493 g/mol. The largest absolute Gasteiger partial charge is 0.496 e. The molecule has 1 aliphatic rings. The van der Waals surface area contributed by atoms with Gasteiger partial charge in [0.1, 0.15) is 21.8 Å². The number of aryl methyl sites for hydroxylation is 1. The summed E-state index contributed by atoms with van der Waals surface area (Å²) in [5.41, 5.74) is 1.73. The number of ether oxygens (including phenoxy) is 1. The molecule has 0 bridgehead atoms. The maximum absolute atomic E-state index is 13.8. The van der Waals surface area contributed by atoms with Gasteiger partial charge in [-0.05, 0) is 55.1 Å². The summed E-state index contributed by atoms with van der Waals surface area (Å²) >= 11 is 7.98. The van der Waals surface area contributed by atoms with E-state index in [1.165, 1.54) is 0 Å². The van der Waals surface area contributed by atoms with Gasteiger partial charge in [-0.2, -0.15) is 0 Å². The van der Waals surface area contributed by atoms with Crippen LogP contribution in [-0.2, 0) is 17.9 Å². The van der Waals surface area contributed by atoms with Crippen molar-refractivity contribution in [1.82, 2.24) is 9.88 Å². The van der Waals surface area contributed by atoms with E-state index in [1.54, 1.807) is 36.3 Å². The molecule has 2 amide bonds. The average molecular weight is 494 g/mol. The topological polar surface area (TPSA) is 63.6 Å². The molecule has 4 aromatic rings. The van der Waals surface area contributed by atoms with E-state index >= 15 is 0 Å². The zero-order valence-electron chi connectivity index (χ0n) is 19.1. The van der Waals surface area contributed by atoms with E-state index in [0.29, 0.717) is 28.7 Å². The first-order valence-electron chi connectivity index (χ1n) is 10.9. The molecule has 0 radical (unpaired) electrons. The number of nitrogens with zero attached hydrogens (tertiary/aromatic N) is 2. The van der Waals surface area contributed by atoms with Crippen LogP contribution in [0.15, 0.2) is 60.0 Å². The Bertz CT molecular complexity index is 1430. The second kappa shape index (κ2) is 8.49. The minimum absolute atomic E-state index is 0.232. The first kappa shape index (κ1) is 22.5. The maximum atomic E-state index is 13.8. The molecule has 174 valence electrons. The van der Waals surface area contributed by atoms with Crippen LogP contribution < -0.4 is 15.0 Å². The number of benzene rings is 2. The third-order valence-corrected chi connectivity index (χ3v) is 7.78. The molecule has 8 heteroatoms. The summed E-state index contributed by atoms with van der Waals surface area (Å²) in [5, 5.41) is 6.57. The van der Waals surface area contributed by atoms with Gasteiger partial charge in [-0.15, -0.1) is 11.3 Å². The van der Waals surface area contributed by atoms with E-state index in [-0.39, 0.29) is 18.4 Å². The van der Waals surface area contributed by atoms with Crippen LogP contribution in [-0.4, -0.2) is 29.0 Å². The molecule has 1 aliphatic heterocycles. The Morgan fingerprint density at radius 3 is 2.76 bits per heavy atom. The minimum atomic E-state index is -1.18. The molecule has 0 saturated carbocycles. The number of para-hydroxylation sites is 1. The second-order valence-corrected chi connectivity index (χ2v) is 9.94. The maximum Gasteiger partial charge on any atom is 0.275 e. The lowest BCUT2D eigenvalue weighted by Gasteiger charge is -2.44. The molecule has 0 saturated heterocycles. The van der Waals surface area contributed by atoms with Gasteiger partial charge in [0.25, 0.3) is 5.91 Å². The van der Waals surface area contributed by atoms with Crippen molar-refractivity contribution in [2.75, 3.05) is 12.0 Å². The molecular weight excluding hydrogens is 470 g/mol. The van der Waals surface area contributed by atoms with Gasteiger partial charge in [0.15, 0.2) is 0 Å². The summed E-state index contributed by atoms with van der Waals surface area (Å²) in [6.45, 7) is 4.31. The number of nitrogens with one attached hydrogen (secondary N) is 1. The summed E-state index contributed by atoms with van der Waals surface area (Å²) in [4.78, 5) is 30.2. The van der Waals surface area contributed by atoms with Gasteiger partial charge < -0.3 is 14.6 Å². The lowest BCUT2D eigenvalue weighted by Crippen LogP contribution is -2.64. The van der Waals surface area contributed by atoms with Crippen molar-refractivity contribution in [2.24, 2.45) is 0 Å². The highest BCUT2D eigenvalue weighted by Crippen LogP contribution is 2.38. The first-order valence-corrected chi connectivity index (χ1v) is 12.2. The van der Waals surface area contributed by atoms with Gasteiger partial charge in [0, 0.05) is 28.2 Å². The Kier molecular flexibility index (Phi) is 5.62. The molecule has 0 unspecified atom stereocenters. The van der Waals surface area contributed by atoms with Crippen molar-refractivity contribution in [2.45, 2.75) is 32.5 Å². The lowest BCUT2D eigenvalue weighted by atomic mass is 9.93. The van der Waals surface area contributed by atoms with Crippen LogP contribution in [0.25, 0.3) is 10.2 Å². The summed E-state index contributed by atoms with van der Waals surface area (Å²) in [6, 6.07) is 16.9.